The van der Waals surface area contributed by atoms with Crippen molar-refractivity contribution in [2.24, 2.45) is 5.41 Å². The first-order chi connectivity index (χ1) is 8.76. The number of hydrogen-bond acceptors (Lipinski definition) is 3. The lowest BCUT2D eigenvalue weighted by atomic mass is 9.87. The van der Waals surface area contributed by atoms with Crippen LogP contribution in [0.15, 0.2) is 0 Å². The van der Waals surface area contributed by atoms with Crippen LogP contribution in [0, 0.1) is 5.41 Å². The molecular weight excluding hydrogens is 258 g/mol. The van der Waals surface area contributed by atoms with Crippen molar-refractivity contribution in [2.75, 3.05) is 12.3 Å². The second kappa shape index (κ2) is 7.07. The van der Waals surface area contributed by atoms with Crippen molar-refractivity contribution >= 4 is 9.84 Å². The summed E-state index contributed by atoms with van der Waals surface area (Å²) in [5.74, 6) is 0.386. The molecule has 0 aromatic rings. The van der Waals surface area contributed by atoms with Gasteiger partial charge in [-0.15, -0.1) is 0 Å². The van der Waals surface area contributed by atoms with Crippen LogP contribution in [0.2, 0.25) is 0 Å². The molecule has 0 aliphatic carbocycles. The summed E-state index contributed by atoms with van der Waals surface area (Å²) >= 11 is 0. The fraction of sp³-hybridized carbons (Fsp3) is 1.00. The Labute approximate surface area is 119 Å². The molecule has 1 aliphatic rings. The van der Waals surface area contributed by atoms with Gasteiger partial charge in [-0.3, -0.25) is 0 Å². The Morgan fingerprint density at radius 3 is 2.47 bits per heavy atom. The Morgan fingerprint density at radius 1 is 1.26 bits per heavy atom. The molecule has 114 valence electrons. The molecule has 1 fully saturated rings. The van der Waals surface area contributed by atoms with E-state index in [2.05, 4.69) is 33.0 Å². The molecule has 0 aromatic carbocycles. The third-order valence-corrected chi connectivity index (χ3v) is 6.28. The average Bonchev–Trinajstić information content (AvgIpc) is 2.28. The van der Waals surface area contributed by atoms with Crippen molar-refractivity contribution in [1.29, 1.82) is 0 Å². The lowest BCUT2D eigenvalue weighted by Gasteiger charge is -2.32. The van der Waals surface area contributed by atoms with E-state index in [1.165, 1.54) is 0 Å². The summed E-state index contributed by atoms with van der Waals surface area (Å²) < 4.78 is 24.5. The van der Waals surface area contributed by atoms with Gasteiger partial charge >= 0.3 is 0 Å². The van der Waals surface area contributed by atoms with E-state index in [4.69, 9.17) is 0 Å². The fourth-order valence-corrected chi connectivity index (χ4v) is 4.94. The molecule has 2 unspecified atom stereocenters. The van der Waals surface area contributed by atoms with E-state index in [1.54, 1.807) is 0 Å². The Kier molecular flexibility index (Phi) is 6.31. The quantitative estimate of drug-likeness (QED) is 0.817. The van der Waals surface area contributed by atoms with Gasteiger partial charge in [0.05, 0.1) is 11.0 Å². The maximum atomic E-state index is 12.3. The SMILES string of the molecule is CCCNC(CCC(C)(C)C)C1CCCCS1(=O)=O. The maximum absolute atomic E-state index is 12.3. The van der Waals surface area contributed by atoms with Gasteiger partial charge in [0.25, 0.3) is 0 Å². The van der Waals surface area contributed by atoms with E-state index < -0.39 is 9.84 Å². The Morgan fingerprint density at radius 2 is 1.95 bits per heavy atom. The molecule has 1 saturated heterocycles. The zero-order chi connectivity index (χ0) is 14.5. The Bertz CT molecular complexity index is 357. The van der Waals surface area contributed by atoms with Gasteiger partial charge in [0.15, 0.2) is 9.84 Å². The van der Waals surface area contributed by atoms with Gasteiger partial charge in [-0.1, -0.05) is 34.1 Å². The molecule has 4 heteroatoms. The molecule has 1 N–H and O–H groups in total. The highest BCUT2D eigenvalue weighted by atomic mass is 32.2. The number of rotatable bonds is 6. The van der Waals surface area contributed by atoms with E-state index >= 15 is 0 Å². The summed E-state index contributed by atoms with van der Waals surface area (Å²) in [5.41, 5.74) is 0.268. The molecule has 3 nitrogen and oxygen atoms in total. The topological polar surface area (TPSA) is 46.2 Å². The van der Waals surface area contributed by atoms with Crippen molar-refractivity contribution in [3.8, 4) is 0 Å². The highest BCUT2D eigenvalue weighted by Gasteiger charge is 2.35. The third kappa shape index (κ3) is 5.82. The molecule has 0 saturated carbocycles. The zero-order valence-corrected chi connectivity index (χ0v) is 13.9. The monoisotopic (exact) mass is 289 g/mol. The van der Waals surface area contributed by atoms with E-state index in [1.807, 2.05) is 0 Å². The molecular formula is C15H31NO2S. The lowest BCUT2D eigenvalue weighted by Crippen LogP contribution is -2.47. The van der Waals surface area contributed by atoms with E-state index in [0.29, 0.717) is 5.75 Å². The Balaban J connectivity index is 2.71. The van der Waals surface area contributed by atoms with Gasteiger partial charge in [-0.25, -0.2) is 8.42 Å². The standard InChI is InChI=1S/C15H31NO2S/c1-5-11-16-13(9-10-15(2,3)4)14-8-6-7-12-19(14,17)18/h13-14,16H,5-12H2,1-4H3. The van der Waals surface area contributed by atoms with Crippen LogP contribution in [0.4, 0.5) is 0 Å². The van der Waals surface area contributed by atoms with Crippen molar-refractivity contribution < 1.29 is 8.42 Å². The van der Waals surface area contributed by atoms with Crippen LogP contribution in [0.5, 0.6) is 0 Å². The molecule has 2 atom stereocenters. The van der Waals surface area contributed by atoms with Gasteiger partial charge in [-0.05, 0) is 44.1 Å². The van der Waals surface area contributed by atoms with Gasteiger partial charge in [0.1, 0.15) is 0 Å². The number of sulfone groups is 1. The molecule has 1 rings (SSSR count). The van der Waals surface area contributed by atoms with Crippen molar-refractivity contribution in [1.82, 2.24) is 5.32 Å². The van der Waals surface area contributed by atoms with Crippen LogP contribution in [-0.4, -0.2) is 32.0 Å². The second-order valence-electron chi connectivity index (χ2n) is 7.06. The summed E-state index contributed by atoms with van der Waals surface area (Å²) in [6.07, 6.45) is 5.84. The minimum Gasteiger partial charge on any atom is -0.313 e. The summed E-state index contributed by atoms with van der Waals surface area (Å²) in [6, 6.07) is 0.143. The minimum absolute atomic E-state index is 0.143. The van der Waals surface area contributed by atoms with Crippen molar-refractivity contribution in [2.45, 2.75) is 77.5 Å². The second-order valence-corrected chi connectivity index (χ2v) is 9.40. The van der Waals surface area contributed by atoms with E-state index in [9.17, 15) is 8.42 Å². The van der Waals surface area contributed by atoms with Crippen LogP contribution in [0.25, 0.3) is 0 Å². The van der Waals surface area contributed by atoms with Crippen LogP contribution < -0.4 is 5.32 Å². The summed E-state index contributed by atoms with van der Waals surface area (Å²) in [6.45, 7) is 9.71. The molecule has 0 bridgehead atoms. The Hall–Kier alpha value is -0.0900. The first-order valence-electron chi connectivity index (χ1n) is 7.71. The molecule has 19 heavy (non-hydrogen) atoms. The predicted octanol–water partition coefficient (Wildman–Crippen LogP) is 3.15. The van der Waals surface area contributed by atoms with Crippen LogP contribution in [0.1, 0.15) is 66.2 Å². The lowest BCUT2D eigenvalue weighted by molar-refractivity contribution is 0.317. The van der Waals surface area contributed by atoms with E-state index in [0.717, 1.165) is 45.1 Å². The molecule has 0 amide bonds. The largest absolute Gasteiger partial charge is 0.313 e. The van der Waals surface area contributed by atoms with Crippen molar-refractivity contribution in [3.05, 3.63) is 0 Å². The first kappa shape index (κ1) is 17.0. The first-order valence-corrected chi connectivity index (χ1v) is 9.43. The zero-order valence-electron chi connectivity index (χ0n) is 13.0. The fourth-order valence-electron chi connectivity index (χ4n) is 2.77. The molecule has 0 spiro atoms. The number of hydrogen-bond donors (Lipinski definition) is 1. The summed E-state index contributed by atoms with van der Waals surface area (Å²) in [5, 5.41) is 3.33. The highest BCUT2D eigenvalue weighted by Crippen LogP contribution is 2.28. The highest BCUT2D eigenvalue weighted by molar-refractivity contribution is 7.92. The molecule has 0 aromatic heterocycles. The van der Waals surface area contributed by atoms with Gasteiger partial charge < -0.3 is 5.32 Å². The van der Waals surface area contributed by atoms with Crippen LogP contribution >= 0.6 is 0 Å². The van der Waals surface area contributed by atoms with Crippen LogP contribution in [0.3, 0.4) is 0 Å². The third-order valence-electron chi connectivity index (χ3n) is 3.94. The van der Waals surface area contributed by atoms with Gasteiger partial charge in [0.2, 0.25) is 0 Å². The van der Waals surface area contributed by atoms with Gasteiger partial charge in [-0.2, -0.15) is 0 Å². The summed E-state index contributed by atoms with van der Waals surface area (Å²) in [4.78, 5) is 0. The van der Waals surface area contributed by atoms with E-state index in [-0.39, 0.29) is 16.7 Å². The smallest absolute Gasteiger partial charge is 0.154 e. The molecule has 1 heterocycles. The van der Waals surface area contributed by atoms with Crippen LogP contribution in [-0.2, 0) is 9.84 Å². The average molecular weight is 289 g/mol. The number of nitrogens with one attached hydrogen (secondary N) is 1. The molecule has 0 radical (unpaired) electrons. The maximum Gasteiger partial charge on any atom is 0.154 e. The van der Waals surface area contributed by atoms with Gasteiger partial charge in [0, 0.05) is 6.04 Å². The minimum atomic E-state index is -2.88. The molecule has 1 aliphatic heterocycles. The van der Waals surface area contributed by atoms with Crippen molar-refractivity contribution in [3.63, 3.8) is 0 Å². The normalized spacial score (nSPS) is 25.2. The summed E-state index contributed by atoms with van der Waals surface area (Å²) in [7, 11) is -2.88. The predicted molar refractivity (Wildman–Crippen MR) is 82.2 cm³/mol.